The molecule has 0 saturated carbocycles. The van der Waals surface area contributed by atoms with Crippen LogP contribution in [0.2, 0.25) is 0 Å². The van der Waals surface area contributed by atoms with Gasteiger partial charge in [0.1, 0.15) is 5.82 Å². The normalized spacial score (nSPS) is 11.3. The van der Waals surface area contributed by atoms with Crippen LogP contribution in [0.25, 0.3) is 11.0 Å². The van der Waals surface area contributed by atoms with Crippen LogP contribution in [-0.2, 0) is 6.54 Å². The van der Waals surface area contributed by atoms with Crippen molar-refractivity contribution in [3.8, 4) is 0 Å². The van der Waals surface area contributed by atoms with Crippen molar-refractivity contribution in [2.45, 2.75) is 13.1 Å². The van der Waals surface area contributed by atoms with Crippen LogP contribution in [0.4, 0.5) is 8.78 Å². The number of carbonyl (C=O) groups is 1. The molecule has 8 heteroatoms. The number of carbonyl (C=O) groups excluding carboxylic acids is 1. The van der Waals surface area contributed by atoms with E-state index in [1.165, 1.54) is 16.2 Å². The number of nitrogens with zero attached hydrogens (tertiary/aromatic N) is 3. The minimum absolute atomic E-state index is 0.00731. The Kier molecular flexibility index (Phi) is 4.45. The summed E-state index contributed by atoms with van der Waals surface area (Å²) in [5.74, 6) is -0.0683. The standard InChI is InChI=1S/C15H12BrF2N3OS/c1-20(14(22)11-6-7-12(16)23-11)8-13-19-9-4-2-3-5-10(9)21(13)15(17)18/h2-7,15H,8H2,1H3. The number of imidazole rings is 1. The zero-order valence-electron chi connectivity index (χ0n) is 12.0. The fourth-order valence-corrected chi connectivity index (χ4v) is 3.71. The fraction of sp³-hybridized carbons (Fsp3) is 0.200. The average Bonchev–Trinajstić information content (AvgIpc) is 3.09. The third-order valence-electron chi connectivity index (χ3n) is 3.37. The Morgan fingerprint density at radius 3 is 2.74 bits per heavy atom. The van der Waals surface area contributed by atoms with Gasteiger partial charge in [0.2, 0.25) is 0 Å². The Morgan fingerprint density at radius 2 is 2.09 bits per heavy atom. The summed E-state index contributed by atoms with van der Waals surface area (Å²) >= 11 is 4.60. The number of hydrogen-bond donors (Lipinski definition) is 0. The molecule has 0 fully saturated rings. The highest BCUT2D eigenvalue weighted by Gasteiger charge is 2.21. The van der Waals surface area contributed by atoms with Crippen molar-refractivity contribution in [3.05, 3.63) is 50.9 Å². The highest BCUT2D eigenvalue weighted by molar-refractivity contribution is 9.11. The first-order valence-corrected chi connectivity index (χ1v) is 8.33. The van der Waals surface area contributed by atoms with Crippen LogP contribution < -0.4 is 0 Å². The van der Waals surface area contributed by atoms with E-state index in [9.17, 15) is 13.6 Å². The highest BCUT2D eigenvalue weighted by Crippen LogP contribution is 2.26. The van der Waals surface area contributed by atoms with Gasteiger partial charge in [-0.05, 0) is 40.2 Å². The van der Waals surface area contributed by atoms with Gasteiger partial charge < -0.3 is 4.90 Å². The number of fused-ring (bicyclic) bond motifs is 1. The molecule has 4 nitrogen and oxygen atoms in total. The van der Waals surface area contributed by atoms with E-state index in [2.05, 4.69) is 20.9 Å². The maximum atomic E-state index is 13.4. The van der Waals surface area contributed by atoms with E-state index in [-0.39, 0.29) is 18.3 Å². The number of para-hydroxylation sites is 2. The van der Waals surface area contributed by atoms with E-state index in [1.807, 2.05) is 0 Å². The Bertz CT molecular complexity index is 861. The molecular weight excluding hydrogens is 388 g/mol. The van der Waals surface area contributed by atoms with Crippen LogP contribution in [0.1, 0.15) is 22.0 Å². The second kappa shape index (κ2) is 6.37. The van der Waals surface area contributed by atoms with E-state index >= 15 is 0 Å². The molecule has 0 aliphatic heterocycles. The van der Waals surface area contributed by atoms with Crippen LogP contribution >= 0.6 is 27.3 Å². The molecule has 0 bridgehead atoms. The van der Waals surface area contributed by atoms with Crippen LogP contribution in [0, 0.1) is 0 Å². The molecule has 2 heterocycles. The number of amides is 1. The van der Waals surface area contributed by atoms with E-state index in [0.29, 0.717) is 15.9 Å². The van der Waals surface area contributed by atoms with Crippen LogP contribution in [0.5, 0.6) is 0 Å². The molecule has 3 rings (SSSR count). The van der Waals surface area contributed by atoms with E-state index in [4.69, 9.17) is 0 Å². The number of halogens is 3. The molecule has 0 atom stereocenters. The van der Waals surface area contributed by atoms with Gasteiger partial charge in [0.15, 0.2) is 0 Å². The summed E-state index contributed by atoms with van der Waals surface area (Å²) in [7, 11) is 1.57. The Morgan fingerprint density at radius 1 is 1.35 bits per heavy atom. The van der Waals surface area contributed by atoms with Crippen molar-refractivity contribution in [2.75, 3.05) is 7.05 Å². The van der Waals surface area contributed by atoms with Crippen LogP contribution in [-0.4, -0.2) is 27.4 Å². The van der Waals surface area contributed by atoms with E-state index in [1.54, 1.807) is 43.4 Å². The first kappa shape index (κ1) is 16.1. The van der Waals surface area contributed by atoms with Crippen molar-refractivity contribution >= 4 is 44.2 Å². The number of benzene rings is 1. The van der Waals surface area contributed by atoms with Gasteiger partial charge in [-0.3, -0.25) is 9.36 Å². The minimum atomic E-state index is -2.71. The Labute approximate surface area is 143 Å². The first-order chi connectivity index (χ1) is 11.0. The monoisotopic (exact) mass is 399 g/mol. The number of hydrogen-bond acceptors (Lipinski definition) is 3. The van der Waals surface area contributed by atoms with Crippen molar-refractivity contribution < 1.29 is 13.6 Å². The largest absolute Gasteiger partial charge is 0.334 e. The number of alkyl halides is 2. The molecule has 1 aromatic carbocycles. The molecule has 0 unspecified atom stereocenters. The Hall–Kier alpha value is -1.80. The molecule has 0 spiro atoms. The van der Waals surface area contributed by atoms with E-state index < -0.39 is 6.55 Å². The lowest BCUT2D eigenvalue weighted by molar-refractivity contribution is 0.0648. The molecule has 0 N–H and O–H groups in total. The summed E-state index contributed by atoms with van der Waals surface area (Å²) in [4.78, 5) is 18.5. The molecule has 1 amide bonds. The highest BCUT2D eigenvalue weighted by atomic mass is 79.9. The summed E-state index contributed by atoms with van der Waals surface area (Å²) in [6.07, 6.45) is 0. The van der Waals surface area contributed by atoms with Crippen molar-refractivity contribution in [3.63, 3.8) is 0 Å². The molecule has 2 aromatic heterocycles. The van der Waals surface area contributed by atoms with Crippen LogP contribution in [0.15, 0.2) is 40.2 Å². The topological polar surface area (TPSA) is 38.1 Å². The summed E-state index contributed by atoms with van der Waals surface area (Å²) in [6.45, 7) is -2.70. The van der Waals surface area contributed by atoms with Gasteiger partial charge in [0.05, 0.1) is 26.2 Å². The fourth-order valence-electron chi connectivity index (χ4n) is 2.32. The average molecular weight is 400 g/mol. The van der Waals surface area contributed by atoms with Gasteiger partial charge in [-0.15, -0.1) is 11.3 Å². The number of aromatic nitrogens is 2. The summed E-state index contributed by atoms with van der Waals surface area (Å²) in [5.41, 5.74) is 0.847. The second-order valence-electron chi connectivity index (χ2n) is 4.93. The summed E-state index contributed by atoms with van der Waals surface area (Å²) < 4.78 is 28.5. The molecule has 0 aliphatic carbocycles. The quantitative estimate of drug-likeness (QED) is 0.646. The summed E-state index contributed by atoms with van der Waals surface area (Å²) in [5, 5.41) is 0. The second-order valence-corrected chi connectivity index (χ2v) is 7.39. The van der Waals surface area contributed by atoms with Gasteiger partial charge in [-0.2, -0.15) is 8.78 Å². The van der Waals surface area contributed by atoms with Crippen molar-refractivity contribution in [2.24, 2.45) is 0 Å². The predicted octanol–water partition coefficient (Wildman–Crippen LogP) is 4.53. The van der Waals surface area contributed by atoms with Gasteiger partial charge in [0, 0.05) is 7.05 Å². The molecule has 0 aliphatic rings. The maximum absolute atomic E-state index is 13.4. The number of thiophene rings is 1. The molecular formula is C15H12BrF2N3OS. The summed E-state index contributed by atoms with van der Waals surface area (Å²) in [6, 6.07) is 10.2. The van der Waals surface area contributed by atoms with Gasteiger partial charge in [-0.25, -0.2) is 4.98 Å². The smallest absolute Gasteiger partial charge is 0.320 e. The molecule has 0 radical (unpaired) electrons. The maximum Gasteiger partial charge on any atom is 0.320 e. The lowest BCUT2D eigenvalue weighted by Crippen LogP contribution is -2.27. The third-order valence-corrected chi connectivity index (χ3v) is 4.98. The van der Waals surface area contributed by atoms with Crippen molar-refractivity contribution in [1.82, 2.24) is 14.5 Å². The SMILES string of the molecule is CN(Cc1nc2ccccc2n1C(F)F)C(=O)c1ccc(Br)s1. The predicted molar refractivity (Wildman–Crippen MR) is 88.8 cm³/mol. The van der Waals surface area contributed by atoms with Gasteiger partial charge >= 0.3 is 6.55 Å². The third kappa shape index (κ3) is 3.13. The molecule has 0 saturated heterocycles. The molecule has 120 valence electrons. The zero-order valence-corrected chi connectivity index (χ0v) is 14.4. The van der Waals surface area contributed by atoms with Crippen molar-refractivity contribution in [1.29, 1.82) is 0 Å². The Balaban J connectivity index is 1.91. The minimum Gasteiger partial charge on any atom is -0.334 e. The lowest BCUT2D eigenvalue weighted by atomic mass is 10.3. The molecule has 23 heavy (non-hydrogen) atoms. The first-order valence-electron chi connectivity index (χ1n) is 6.72. The lowest BCUT2D eigenvalue weighted by Gasteiger charge is -2.17. The molecule has 3 aromatic rings. The zero-order chi connectivity index (χ0) is 16.6. The van der Waals surface area contributed by atoms with Crippen LogP contribution in [0.3, 0.4) is 0 Å². The van der Waals surface area contributed by atoms with Gasteiger partial charge in [0.25, 0.3) is 5.91 Å². The number of rotatable bonds is 4. The van der Waals surface area contributed by atoms with E-state index in [0.717, 1.165) is 8.35 Å². The van der Waals surface area contributed by atoms with Gasteiger partial charge in [-0.1, -0.05) is 12.1 Å².